The van der Waals surface area contributed by atoms with Gasteiger partial charge in [-0.1, -0.05) is 54.6 Å². The molecule has 0 aliphatic carbocycles. The number of nitrogens with zero attached hydrogens (tertiary/aromatic N) is 4. The van der Waals surface area contributed by atoms with Gasteiger partial charge in [-0.25, -0.2) is 0 Å². The summed E-state index contributed by atoms with van der Waals surface area (Å²) in [4.78, 5) is 21.0. The maximum atomic E-state index is 13.1. The third kappa shape index (κ3) is 5.59. The second-order valence-electron chi connectivity index (χ2n) is 9.86. The molecule has 1 amide bonds. The molecule has 37 heavy (non-hydrogen) atoms. The highest BCUT2D eigenvalue weighted by molar-refractivity contribution is 5.86. The molecule has 8 nitrogen and oxygen atoms in total. The van der Waals surface area contributed by atoms with Crippen LogP contribution in [-0.2, 0) is 24.2 Å². The number of benzene rings is 2. The first kappa shape index (κ1) is 24.4. The first-order chi connectivity index (χ1) is 17.9. The van der Waals surface area contributed by atoms with Crippen molar-refractivity contribution in [1.29, 1.82) is 0 Å². The van der Waals surface area contributed by atoms with E-state index in [1.807, 2.05) is 60.8 Å². The van der Waals surface area contributed by atoms with E-state index in [0.29, 0.717) is 25.2 Å². The summed E-state index contributed by atoms with van der Waals surface area (Å²) in [5, 5.41) is 13.5. The fourth-order valence-electron chi connectivity index (χ4n) is 4.41. The van der Waals surface area contributed by atoms with E-state index in [0.717, 1.165) is 33.5 Å². The topological polar surface area (TPSA) is 115 Å². The van der Waals surface area contributed by atoms with Crippen molar-refractivity contribution in [2.45, 2.75) is 44.8 Å². The van der Waals surface area contributed by atoms with Gasteiger partial charge in [0.05, 0.1) is 23.8 Å². The van der Waals surface area contributed by atoms with E-state index >= 15 is 0 Å². The van der Waals surface area contributed by atoms with E-state index in [-0.39, 0.29) is 5.91 Å². The number of amides is 1. The lowest BCUT2D eigenvalue weighted by Crippen LogP contribution is -2.50. The Morgan fingerprint density at radius 1 is 1.03 bits per heavy atom. The van der Waals surface area contributed by atoms with Gasteiger partial charge in [-0.15, -0.1) is 10.2 Å². The lowest BCUT2D eigenvalue weighted by molar-refractivity contribution is -0.126. The predicted molar refractivity (Wildman–Crippen MR) is 144 cm³/mol. The number of hydrogen-bond donors (Lipinski definition) is 3. The van der Waals surface area contributed by atoms with Crippen molar-refractivity contribution >= 4 is 16.8 Å². The van der Waals surface area contributed by atoms with Crippen molar-refractivity contribution in [3.05, 3.63) is 114 Å². The van der Waals surface area contributed by atoms with Crippen molar-refractivity contribution in [2.24, 2.45) is 5.73 Å². The highest BCUT2D eigenvalue weighted by Crippen LogP contribution is 2.26. The molecule has 0 saturated carbocycles. The molecule has 3 heterocycles. The van der Waals surface area contributed by atoms with Gasteiger partial charge in [0.2, 0.25) is 5.91 Å². The number of rotatable bonds is 9. The van der Waals surface area contributed by atoms with Gasteiger partial charge in [-0.05, 0) is 43.2 Å². The molecule has 0 spiro atoms. The number of hydrogen-bond acceptors (Lipinski definition) is 5. The molecule has 0 aliphatic heterocycles. The van der Waals surface area contributed by atoms with Gasteiger partial charge >= 0.3 is 0 Å². The van der Waals surface area contributed by atoms with Crippen LogP contribution in [0, 0.1) is 0 Å². The summed E-state index contributed by atoms with van der Waals surface area (Å²) >= 11 is 0. The lowest BCUT2D eigenvalue weighted by Gasteiger charge is -2.24. The Hall–Kier alpha value is -4.30. The lowest BCUT2D eigenvalue weighted by atomic mass is 10.0. The largest absolute Gasteiger partial charge is 0.361 e. The molecule has 188 valence electrons. The van der Waals surface area contributed by atoms with Crippen LogP contribution >= 0.6 is 0 Å². The SMILES string of the molecule is CC(C)(N)C(=O)NC(Cc1c[nH]c2ccccc12)c1nnc(Cc2ccccc2)n1Cc1ccccn1. The number of pyridine rings is 1. The highest BCUT2D eigenvalue weighted by atomic mass is 16.2. The first-order valence-electron chi connectivity index (χ1n) is 12.4. The molecule has 3 aromatic heterocycles. The number of nitrogens with one attached hydrogen (secondary N) is 2. The van der Waals surface area contributed by atoms with Gasteiger partial charge in [0, 0.05) is 36.1 Å². The van der Waals surface area contributed by atoms with Crippen LogP contribution in [0.2, 0.25) is 0 Å². The normalized spacial score (nSPS) is 12.5. The third-order valence-corrected chi connectivity index (χ3v) is 6.41. The van der Waals surface area contributed by atoms with Crippen LogP contribution in [0.25, 0.3) is 10.9 Å². The fourth-order valence-corrected chi connectivity index (χ4v) is 4.41. The summed E-state index contributed by atoms with van der Waals surface area (Å²) in [6.07, 6.45) is 4.90. The smallest absolute Gasteiger partial charge is 0.240 e. The number of nitrogens with two attached hydrogens (primary N) is 1. The Kier molecular flexibility index (Phi) is 6.83. The van der Waals surface area contributed by atoms with Gasteiger partial charge in [0.25, 0.3) is 0 Å². The minimum Gasteiger partial charge on any atom is -0.361 e. The van der Waals surface area contributed by atoms with Crippen LogP contribution in [0.4, 0.5) is 0 Å². The molecular formula is C29H31N7O. The molecule has 0 saturated heterocycles. The van der Waals surface area contributed by atoms with Crippen molar-refractivity contribution in [3.8, 4) is 0 Å². The number of aromatic amines is 1. The summed E-state index contributed by atoms with van der Waals surface area (Å²) in [5.74, 6) is 1.21. The third-order valence-electron chi connectivity index (χ3n) is 6.41. The Bertz CT molecular complexity index is 1480. The number of fused-ring (bicyclic) bond motifs is 1. The van der Waals surface area contributed by atoms with Crippen LogP contribution in [0.3, 0.4) is 0 Å². The summed E-state index contributed by atoms with van der Waals surface area (Å²) in [6.45, 7) is 3.88. The summed E-state index contributed by atoms with van der Waals surface area (Å²) in [7, 11) is 0. The van der Waals surface area contributed by atoms with E-state index < -0.39 is 11.6 Å². The van der Waals surface area contributed by atoms with Crippen LogP contribution in [0.1, 0.15) is 48.4 Å². The maximum Gasteiger partial charge on any atom is 0.240 e. The summed E-state index contributed by atoms with van der Waals surface area (Å²) in [5.41, 5.74) is 9.25. The molecule has 5 rings (SSSR count). The number of aromatic nitrogens is 5. The van der Waals surface area contributed by atoms with E-state index in [9.17, 15) is 4.79 Å². The minimum absolute atomic E-state index is 0.255. The Labute approximate surface area is 216 Å². The number of carbonyl (C=O) groups is 1. The molecule has 2 aromatic carbocycles. The number of para-hydroxylation sites is 1. The van der Waals surface area contributed by atoms with Gasteiger partial charge in [0.1, 0.15) is 5.82 Å². The zero-order valence-electron chi connectivity index (χ0n) is 21.1. The average Bonchev–Trinajstić information content (AvgIpc) is 3.48. The van der Waals surface area contributed by atoms with Gasteiger partial charge < -0.3 is 20.6 Å². The van der Waals surface area contributed by atoms with Crippen LogP contribution < -0.4 is 11.1 Å². The zero-order chi connectivity index (χ0) is 25.8. The van der Waals surface area contributed by atoms with Crippen LogP contribution in [0.5, 0.6) is 0 Å². The van der Waals surface area contributed by atoms with Gasteiger partial charge in [0.15, 0.2) is 5.82 Å². The molecule has 5 aromatic rings. The molecule has 0 bridgehead atoms. The molecule has 4 N–H and O–H groups in total. The van der Waals surface area contributed by atoms with E-state index in [2.05, 4.69) is 48.2 Å². The highest BCUT2D eigenvalue weighted by Gasteiger charge is 2.29. The van der Waals surface area contributed by atoms with Gasteiger partial charge in [-0.3, -0.25) is 9.78 Å². The minimum atomic E-state index is -1.04. The second kappa shape index (κ2) is 10.4. The summed E-state index contributed by atoms with van der Waals surface area (Å²) in [6, 6.07) is 23.7. The molecule has 0 radical (unpaired) electrons. The quantitative estimate of drug-likeness (QED) is 0.288. The fraction of sp³-hybridized carbons (Fsp3) is 0.241. The van der Waals surface area contributed by atoms with Gasteiger partial charge in [-0.2, -0.15) is 0 Å². The predicted octanol–water partition coefficient (Wildman–Crippen LogP) is 3.93. The van der Waals surface area contributed by atoms with Crippen molar-refractivity contribution in [1.82, 2.24) is 30.0 Å². The van der Waals surface area contributed by atoms with E-state index in [1.165, 1.54) is 0 Å². The average molecular weight is 494 g/mol. The number of H-pyrrole nitrogens is 1. The first-order valence-corrected chi connectivity index (χ1v) is 12.4. The standard InChI is InChI=1S/C29H31N7O/c1-29(2,30)28(37)33-25(17-21-18-32-24-14-7-6-13-23(21)24)27-35-34-26(16-20-10-4-3-5-11-20)36(27)19-22-12-8-9-15-31-22/h3-15,18,25,32H,16-17,19,30H2,1-2H3,(H,33,37). The Morgan fingerprint density at radius 3 is 2.54 bits per heavy atom. The summed E-state index contributed by atoms with van der Waals surface area (Å²) < 4.78 is 2.07. The molecular weight excluding hydrogens is 462 g/mol. The van der Waals surface area contributed by atoms with E-state index in [4.69, 9.17) is 5.73 Å². The molecule has 8 heteroatoms. The zero-order valence-corrected chi connectivity index (χ0v) is 21.1. The molecule has 1 atom stereocenters. The molecule has 0 fully saturated rings. The number of carbonyl (C=O) groups excluding carboxylic acids is 1. The second-order valence-corrected chi connectivity index (χ2v) is 9.86. The Balaban J connectivity index is 1.57. The monoisotopic (exact) mass is 493 g/mol. The van der Waals surface area contributed by atoms with Crippen molar-refractivity contribution < 1.29 is 4.79 Å². The van der Waals surface area contributed by atoms with Crippen molar-refractivity contribution in [2.75, 3.05) is 0 Å². The van der Waals surface area contributed by atoms with Crippen LogP contribution in [-0.4, -0.2) is 36.2 Å². The molecule has 1 unspecified atom stereocenters. The maximum absolute atomic E-state index is 13.1. The molecule has 0 aliphatic rings. The van der Waals surface area contributed by atoms with Crippen molar-refractivity contribution in [3.63, 3.8) is 0 Å². The van der Waals surface area contributed by atoms with E-state index in [1.54, 1.807) is 20.0 Å². The Morgan fingerprint density at radius 2 is 1.78 bits per heavy atom. The van der Waals surface area contributed by atoms with Crippen LogP contribution in [0.15, 0.2) is 85.2 Å².